The standard InChI is InChI=1S/C60H41NO/c1-3-14-42(15-4-1)43-26-28-48(29-27-43)56-22-10-11-24-58(56)61(52-37-32-47(33-38-52)54-23-13-20-46-18-7-9-21-53(46)54)51-35-30-44(31-36-51)49-34-39-55(45-16-5-2-6-17-45)57(40-49)60-41-50-19-8-12-25-59(50)62-60/h1-41H. The molecule has 0 atom stereocenters. The molecule has 11 aromatic rings. The molecule has 292 valence electrons. The lowest BCUT2D eigenvalue weighted by Crippen LogP contribution is -2.11. The van der Waals surface area contributed by atoms with E-state index in [0.717, 1.165) is 72.7 Å². The first-order valence-corrected chi connectivity index (χ1v) is 21.2. The van der Waals surface area contributed by atoms with E-state index >= 15 is 0 Å². The fourth-order valence-corrected chi connectivity index (χ4v) is 8.79. The quantitative estimate of drug-likeness (QED) is 0.145. The molecule has 0 saturated heterocycles. The smallest absolute Gasteiger partial charge is 0.136 e. The van der Waals surface area contributed by atoms with Crippen LogP contribution in [0.4, 0.5) is 17.1 Å². The van der Waals surface area contributed by atoms with Crippen LogP contribution in [-0.2, 0) is 0 Å². The average Bonchev–Trinajstić information content (AvgIpc) is 3.80. The highest BCUT2D eigenvalue weighted by Crippen LogP contribution is 2.44. The first-order chi connectivity index (χ1) is 30.7. The van der Waals surface area contributed by atoms with Gasteiger partial charge in [0.1, 0.15) is 11.3 Å². The van der Waals surface area contributed by atoms with Crippen molar-refractivity contribution in [3.63, 3.8) is 0 Å². The molecule has 0 N–H and O–H groups in total. The van der Waals surface area contributed by atoms with Crippen LogP contribution in [0.15, 0.2) is 253 Å². The number of para-hydroxylation sites is 2. The summed E-state index contributed by atoms with van der Waals surface area (Å²) in [6, 6.07) is 89.0. The molecule has 2 heteroatoms. The Kier molecular flexibility index (Phi) is 9.57. The van der Waals surface area contributed by atoms with Gasteiger partial charge in [-0.25, -0.2) is 0 Å². The van der Waals surface area contributed by atoms with Gasteiger partial charge in [0, 0.05) is 27.9 Å². The van der Waals surface area contributed by atoms with Crippen molar-refractivity contribution in [1.82, 2.24) is 0 Å². The molecule has 0 amide bonds. The van der Waals surface area contributed by atoms with Gasteiger partial charge in [0.2, 0.25) is 0 Å². The molecule has 0 aliphatic carbocycles. The predicted molar refractivity (Wildman–Crippen MR) is 261 cm³/mol. The summed E-state index contributed by atoms with van der Waals surface area (Å²) in [5.74, 6) is 0.857. The normalized spacial score (nSPS) is 11.2. The minimum absolute atomic E-state index is 0.857. The number of furan rings is 1. The van der Waals surface area contributed by atoms with E-state index in [0.29, 0.717) is 0 Å². The molecular formula is C60H41NO. The Morgan fingerprint density at radius 3 is 1.50 bits per heavy atom. The number of hydrogen-bond donors (Lipinski definition) is 0. The summed E-state index contributed by atoms with van der Waals surface area (Å²) in [6.07, 6.45) is 0. The molecule has 2 nitrogen and oxygen atoms in total. The summed E-state index contributed by atoms with van der Waals surface area (Å²) in [6.45, 7) is 0. The molecule has 62 heavy (non-hydrogen) atoms. The van der Waals surface area contributed by atoms with Crippen molar-refractivity contribution in [3.05, 3.63) is 249 Å². The van der Waals surface area contributed by atoms with E-state index in [1.807, 2.05) is 12.1 Å². The summed E-state index contributed by atoms with van der Waals surface area (Å²) in [5.41, 5.74) is 16.9. The lowest BCUT2D eigenvalue weighted by molar-refractivity contribution is 0.632. The van der Waals surface area contributed by atoms with Gasteiger partial charge in [-0.15, -0.1) is 0 Å². The Labute approximate surface area is 362 Å². The zero-order valence-electron chi connectivity index (χ0n) is 34.0. The van der Waals surface area contributed by atoms with E-state index in [2.05, 4.69) is 241 Å². The molecule has 10 aromatic carbocycles. The fraction of sp³-hybridized carbons (Fsp3) is 0. The van der Waals surface area contributed by atoms with Crippen LogP contribution in [-0.4, -0.2) is 0 Å². The van der Waals surface area contributed by atoms with Crippen LogP contribution < -0.4 is 4.90 Å². The summed E-state index contributed by atoms with van der Waals surface area (Å²) in [7, 11) is 0. The van der Waals surface area contributed by atoms with Crippen LogP contribution in [0.5, 0.6) is 0 Å². The number of benzene rings is 10. The molecule has 0 radical (unpaired) electrons. The van der Waals surface area contributed by atoms with Crippen LogP contribution >= 0.6 is 0 Å². The summed E-state index contributed by atoms with van der Waals surface area (Å²) >= 11 is 0. The fourth-order valence-electron chi connectivity index (χ4n) is 8.79. The molecule has 0 spiro atoms. The van der Waals surface area contributed by atoms with Crippen molar-refractivity contribution in [3.8, 4) is 67.0 Å². The molecule has 0 saturated carbocycles. The zero-order chi connectivity index (χ0) is 41.2. The second-order valence-electron chi connectivity index (χ2n) is 15.7. The third-order valence-electron chi connectivity index (χ3n) is 11.9. The highest BCUT2D eigenvalue weighted by molar-refractivity contribution is 5.97. The maximum atomic E-state index is 6.48. The van der Waals surface area contributed by atoms with E-state index in [9.17, 15) is 0 Å². The third-order valence-corrected chi connectivity index (χ3v) is 11.9. The first kappa shape index (κ1) is 36.8. The van der Waals surface area contributed by atoms with Crippen molar-refractivity contribution in [2.24, 2.45) is 0 Å². The topological polar surface area (TPSA) is 16.4 Å². The number of rotatable bonds is 9. The van der Waals surface area contributed by atoms with Gasteiger partial charge in [-0.3, -0.25) is 0 Å². The summed E-state index contributed by atoms with van der Waals surface area (Å²) in [4.78, 5) is 2.38. The molecule has 0 fully saturated rings. The number of hydrogen-bond acceptors (Lipinski definition) is 2. The monoisotopic (exact) mass is 791 g/mol. The van der Waals surface area contributed by atoms with Gasteiger partial charge in [-0.05, 0) is 109 Å². The molecule has 11 rings (SSSR count). The van der Waals surface area contributed by atoms with Gasteiger partial charge in [-0.2, -0.15) is 0 Å². The van der Waals surface area contributed by atoms with E-state index in [1.165, 1.54) is 33.0 Å². The Morgan fingerprint density at radius 1 is 0.274 bits per heavy atom. The van der Waals surface area contributed by atoms with Crippen LogP contribution in [0.25, 0.3) is 88.7 Å². The Morgan fingerprint density at radius 2 is 0.758 bits per heavy atom. The lowest BCUT2D eigenvalue weighted by atomic mass is 9.93. The van der Waals surface area contributed by atoms with Crippen molar-refractivity contribution in [2.75, 3.05) is 4.90 Å². The zero-order valence-corrected chi connectivity index (χ0v) is 34.0. The largest absolute Gasteiger partial charge is 0.456 e. The van der Waals surface area contributed by atoms with Crippen LogP contribution in [0.2, 0.25) is 0 Å². The Hall–Kier alpha value is -8.20. The van der Waals surface area contributed by atoms with Crippen LogP contribution in [0.3, 0.4) is 0 Å². The number of anilines is 3. The van der Waals surface area contributed by atoms with E-state index in [4.69, 9.17) is 4.42 Å². The van der Waals surface area contributed by atoms with Crippen molar-refractivity contribution in [1.29, 1.82) is 0 Å². The van der Waals surface area contributed by atoms with Gasteiger partial charge in [0.05, 0.1) is 5.69 Å². The highest BCUT2D eigenvalue weighted by Gasteiger charge is 2.19. The third kappa shape index (κ3) is 7.04. The Balaban J connectivity index is 1.01. The Bertz CT molecular complexity index is 3270. The molecule has 0 aliphatic heterocycles. The van der Waals surface area contributed by atoms with E-state index in [1.54, 1.807) is 0 Å². The lowest BCUT2D eigenvalue weighted by Gasteiger charge is -2.28. The maximum absolute atomic E-state index is 6.48. The summed E-state index contributed by atoms with van der Waals surface area (Å²) < 4.78 is 6.48. The van der Waals surface area contributed by atoms with E-state index < -0.39 is 0 Å². The molecule has 0 unspecified atom stereocenters. The van der Waals surface area contributed by atoms with E-state index in [-0.39, 0.29) is 0 Å². The van der Waals surface area contributed by atoms with Crippen LogP contribution in [0.1, 0.15) is 0 Å². The minimum atomic E-state index is 0.857. The summed E-state index contributed by atoms with van der Waals surface area (Å²) in [5, 5.41) is 3.58. The van der Waals surface area contributed by atoms with Gasteiger partial charge in [0.15, 0.2) is 0 Å². The number of fused-ring (bicyclic) bond motifs is 2. The van der Waals surface area contributed by atoms with Gasteiger partial charge < -0.3 is 9.32 Å². The second kappa shape index (κ2) is 16.1. The average molecular weight is 792 g/mol. The maximum Gasteiger partial charge on any atom is 0.136 e. The van der Waals surface area contributed by atoms with Gasteiger partial charge >= 0.3 is 0 Å². The predicted octanol–water partition coefficient (Wildman–Crippen LogP) is 17.1. The SMILES string of the molecule is c1ccc(-c2ccc(-c3ccccc3N(c3ccc(-c4ccc(-c5ccccc5)c(-c5cc6ccccc6o5)c4)cc3)c3ccc(-c4cccc5ccccc45)cc3)cc2)cc1. The molecule has 1 aromatic heterocycles. The highest BCUT2D eigenvalue weighted by atomic mass is 16.3. The molecule has 0 aliphatic rings. The first-order valence-electron chi connectivity index (χ1n) is 21.2. The van der Waals surface area contributed by atoms with Crippen LogP contribution in [0, 0.1) is 0 Å². The van der Waals surface area contributed by atoms with Crippen molar-refractivity contribution >= 4 is 38.8 Å². The van der Waals surface area contributed by atoms with Gasteiger partial charge in [-0.1, -0.05) is 200 Å². The van der Waals surface area contributed by atoms with Crippen molar-refractivity contribution in [2.45, 2.75) is 0 Å². The molecule has 1 heterocycles. The minimum Gasteiger partial charge on any atom is -0.456 e. The molecular weight excluding hydrogens is 751 g/mol. The number of nitrogens with zero attached hydrogens (tertiary/aromatic N) is 1. The second-order valence-corrected chi connectivity index (χ2v) is 15.7. The van der Waals surface area contributed by atoms with Crippen molar-refractivity contribution < 1.29 is 4.42 Å². The molecule has 0 bridgehead atoms. The van der Waals surface area contributed by atoms with Gasteiger partial charge in [0.25, 0.3) is 0 Å².